The van der Waals surface area contributed by atoms with Crippen LogP contribution in [-0.2, 0) is 4.74 Å². The molecule has 3 nitrogen and oxygen atoms in total. The molecular formula is C5H12N2OSi. The summed E-state index contributed by atoms with van der Waals surface area (Å²) in [5.41, 5.74) is 6.83. The lowest BCUT2D eigenvalue weighted by Crippen LogP contribution is -2.33. The van der Waals surface area contributed by atoms with Crippen molar-refractivity contribution in [3.8, 4) is 0 Å². The average molecular weight is 144 g/mol. The van der Waals surface area contributed by atoms with E-state index in [1.165, 1.54) is 6.42 Å². The predicted molar refractivity (Wildman–Crippen MR) is 37.6 cm³/mol. The van der Waals surface area contributed by atoms with Crippen molar-refractivity contribution in [1.82, 2.24) is 0 Å². The van der Waals surface area contributed by atoms with Gasteiger partial charge in [-0.05, 0) is 19.3 Å². The summed E-state index contributed by atoms with van der Waals surface area (Å²) >= 11 is 0. The molecule has 1 atom stereocenters. The third-order valence-corrected chi connectivity index (χ3v) is 2.70. The molecule has 0 aromatic carbocycles. The van der Waals surface area contributed by atoms with Gasteiger partial charge in [0, 0.05) is 6.61 Å². The van der Waals surface area contributed by atoms with Gasteiger partial charge in [0.2, 0.25) is 0 Å². The molecule has 1 heterocycles. The van der Waals surface area contributed by atoms with E-state index < -0.39 is 0 Å². The van der Waals surface area contributed by atoms with Crippen molar-refractivity contribution in [3.63, 3.8) is 0 Å². The Morgan fingerprint density at radius 2 is 2.33 bits per heavy atom. The molecule has 1 rings (SSSR count). The highest BCUT2D eigenvalue weighted by atomic mass is 28.1. The minimum Gasteiger partial charge on any atom is -0.357 e. The zero-order valence-electron chi connectivity index (χ0n) is 5.68. The minimum atomic E-state index is -0.349. The van der Waals surface area contributed by atoms with Gasteiger partial charge in [-0.15, -0.1) is 0 Å². The van der Waals surface area contributed by atoms with Crippen LogP contribution in [0.4, 0.5) is 0 Å². The van der Waals surface area contributed by atoms with Crippen LogP contribution in [-0.4, -0.2) is 22.2 Å². The summed E-state index contributed by atoms with van der Waals surface area (Å²) in [6, 6.07) is 0. The van der Waals surface area contributed by atoms with Crippen LogP contribution in [0.1, 0.15) is 19.3 Å². The molecule has 0 aliphatic carbocycles. The quantitative estimate of drug-likeness (QED) is 0.416. The summed E-state index contributed by atoms with van der Waals surface area (Å²) < 4.78 is 5.32. The molecule has 0 saturated carbocycles. The van der Waals surface area contributed by atoms with E-state index in [1.54, 1.807) is 0 Å². The molecule has 1 aliphatic heterocycles. The number of hydrogen-bond donors (Lipinski definition) is 1. The zero-order chi connectivity index (χ0) is 6.74. The summed E-state index contributed by atoms with van der Waals surface area (Å²) in [6.07, 6.45) is 3.27. The molecule has 52 valence electrons. The van der Waals surface area contributed by atoms with Crippen molar-refractivity contribution in [2.75, 3.05) is 6.61 Å². The molecule has 9 heavy (non-hydrogen) atoms. The van der Waals surface area contributed by atoms with Crippen molar-refractivity contribution in [3.05, 3.63) is 0 Å². The Hall–Kier alpha value is -0.223. The second kappa shape index (κ2) is 2.58. The van der Waals surface area contributed by atoms with Gasteiger partial charge < -0.3 is 4.74 Å². The molecule has 0 spiro atoms. The van der Waals surface area contributed by atoms with Crippen molar-refractivity contribution in [2.24, 2.45) is 5.11 Å². The molecule has 1 saturated heterocycles. The molecule has 1 aliphatic rings. The highest BCUT2D eigenvalue weighted by Crippen LogP contribution is 2.21. The lowest BCUT2D eigenvalue weighted by atomic mass is 10.2. The lowest BCUT2D eigenvalue weighted by molar-refractivity contribution is -0.0177. The second-order valence-corrected chi connectivity index (χ2v) is 4.15. The van der Waals surface area contributed by atoms with Gasteiger partial charge in [0.15, 0.2) is 5.35 Å². The number of ether oxygens (including phenoxy) is 1. The fourth-order valence-electron chi connectivity index (χ4n) is 1.01. The summed E-state index contributed by atoms with van der Waals surface area (Å²) in [5, 5.41) is 3.12. The molecule has 0 amide bonds. The van der Waals surface area contributed by atoms with Gasteiger partial charge in [-0.1, -0.05) is 0 Å². The Kier molecular flexibility index (Phi) is 1.97. The van der Waals surface area contributed by atoms with Crippen LogP contribution >= 0.6 is 0 Å². The minimum absolute atomic E-state index is 0.349. The smallest absolute Gasteiger partial charge is 0.152 e. The Balaban J connectivity index is 2.46. The summed E-state index contributed by atoms with van der Waals surface area (Å²) in [4.78, 5) is 0. The topological polar surface area (TPSA) is 45.4 Å². The maximum Gasteiger partial charge on any atom is 0.152 e. The van der Waals surface area contributed by atoms with Crippen molar-refractivity contribution < 1.29 is 4.74 Å². The highest BCUT2D eigenvalue weighted by Gasteiger charge is 2.25. The van der Waals surface area contributed by atoms with Gasteiger partial charge in [-0.2, -0.15) is 5.11 Å². The SMILES string of the molecule is N=NC1([SiH3])CCCCO1. The van der Waals surface area contributed by atoms with Crippen molar-refractivity contribution >= 4 is 10.2 Å². The normalized spacial score (nSPS) is 36.4. The van der Waals surface area contributed by atoms with E-state index >= 15 is 0 Å². The fourth-order valence-corrected chi connectivity index (χ4v) is 1.57. The Morgan fingerprint density at radius 1 is 1.56 bits per heavy atom. The standard InChI is InChI=1S/C5H12N2OSi/c6-7-5(9)3-1-2-4-8-5/h6H,1-4H2,9H3. The van der Waals surface area contributed by atoms with E-state index in [0.29, 0.717) is 0 Å². The number of rotatable bonds is 1. The van der Waals surface area contributed by atoms with Gasteiger partial charge in [-0.3, -0.25) is 0 Å². The number of hydrogen-bond acceptors (Lipinski definition) is 3. The lowest BCUT2D eigenvalue weighted by Gasteiger charge is -2.28. The van der Waals surface area contributed by atoms with Gasteiger partial charge in [-0.25, -0.2) is 5.53 Å². The summed E-state index contributed by atoms with van der Waals surface area (Å²) in [6.45, 7) is 0.798. The fraction of sp³-hybridized carbons (Fsp3) is 1.00. The maximum atomic E-state index is 6.83. The van der Waals surface area contributed by atoms with E-state index in [4.69, 9.17) is 10.3 Å². The molecule has 1 unspecified atom stereocenters. The van der Waals surface area contributed by atoms with Gasteiger partial charge in [0.1, 0.15) is 0 Å². The molecule has 0 aromatic heterocycles. The van der Waals surface area contributed by atoms with E-state index in [1.807, 2.05) is 0 Å². The van der Waals surface area contributed by atoms with Crippen LogP contribution < -0.4 is 0 Å². The van der Waals surface area contributed by atoms with E-state index in [-0.39, 0.29) is 5.35 Å². The molecule has 1 fully saturated rings. The molecule has 0 radical (unpaired) electrons. The Morgan fingerprint density at radius 3 is 2.67 bits per heavy atom. The monoisotopic (exact) mass is 144 g/mol. The molecule has 1 N–H and O–H groups in total. The van der Waals surface area contributed by atoms with E-state index in [9.17, 15) is 0 Å². The van der Waals surface area contributed by atoms with E-state index in [0.717, 1.165) is 29.7 Å². The summed E-state index contributed by atoms with van der Waals surface area (Å²) in [7, 11) is 0.854. The van der Waals surface area contributed by atoms with Crippen LogP contribution in [0.25, 0.3) is 0 Å². The van der Waals surface area contributed by atoms with Crippen LogP contribution in [0, 0.1) is 5.53 Å². The zero-order valence-corrected chi connectivity index (χ0v) is 7.68. The van der Waals surface area contributed by atoms with Crippen molar-refractivity contribution in [2.45, 2.75) is 24.6 Å². The Labute approximate surface area is 57.7 Å². The molecule has 0 bridgehead atoms. The van der Waals surface area contributed by atoms with Gasteiger partial charge in [0.05, 0.1) is 10.2 Å². The van der Waals surface area contributed by atoms with Crippen LogP contribution in [0.15, 0.2) is 5.11 Å². The van der Waals surface area contributed by atoms with Crippen LogP contribution in [0.5, 0.6) is 0 Å². The largest absolute Gasteiger partial charge is 0.357 e. The maximum absolute atomic E-state index is 6.83. The summed E-state index contributed by atoms with van der Waals surface area (Å²) in [5.74, 6) is 0. The van der Waals surface area contributed by atoms with Gasteiger partial charge >= 0.3 is 0 Å². The number of nitrogens with zero attached hydrogens (tertiary/aromatic N) is 1. The Bertz CT molecular complexity index is 112. The van der Waals surface area contributed by atoms with Gasteiger partial charge in [0.25, 0.3) is 0 Å². The number of nitrogens with one attached hydrogen (secondary N) is 1. The first-order chi connectivity index (χ1) is 4.27. The predicted octanol–water partition coefficient (Wildman–Crippen LogP) is 0.237. The highest BCUT2D eigenvalue weighted by molar-refractivity contribution is 6.14. The second-order valence-electron chi connectivity index (χ2n) is 2.59. The van der Waals surface area contributed by atoms with E-state index in [2.05, 4.69) is 5.11 Å². The molecular weight excluding hydrogens is 132 g/mol. The first-order valence-electron chi connectivity index (χ1n) is 3.29. The van der Waals surface area contributed by atoms with Crippen molar-refractivity contribution in [1.29, 1.82) is 5.53 Å². The molecule has 0 aromatic rings. The third-order valence-electron chi connectivity index (χ3n) is 1.68. The molecule has 4 heteroatoms. The third kappa shape index (κ3) is 1.59. The average Bonchev–Trinajstić information content (AvgIpc) is 1.90. The first-order valence-corrected chi connectivity index (χ1v) is 4.29. The first kappa shape index (κ1) is 6.89. The van der Waals surface area contributed by atoms with Crippen LogP contribution in [0.3, 0.4) is 0 Å². The van der Waals surface area contributed by atoms with Crippen LogP contribution in [0.2, 0.25) is 0 Å².